The molecule has 1 heterocycles. The second-order valence-electron chi connectivity index (χ2n) is 5.38. The molecule has 0 saturated carbocycles. The molecular weight excluding hydrogens is 234 g/mol. The predicted molar refractivity (Wildman–Crippen MR) is 83.5 cm³/mol. The van der Waals surface area contributed by atoms with Gasteiger partial charge in [0.25, 0.3) is 0 Å². The smallest absolute Gasteiger partial charge is 0.0440 e. The van der Waals surface area contributed by atoms with Crippen molar-refractivity contribution in [2.75, 3.05) is 25.0 Å². The van der Waals surface area contributed by atoms with Crippen LogP contribution in [0.5, 0.6) is 0 Å². The van der Waals surface area contributed by atoms with Crippen LogP contribution in [-0.2, 0) is 6.54 Å². The molecule has 0 spiro atoms. The molecule has 0 aromatic carbocycles. The summed E-state index contributed by atoms with van der Waals surface area (Å²) in [7, 11) is 2.14. The van der Waals surface area contributed by atoms with E-state index in [-0.39, 0.29) is 0 Å². The van der Waals surface area contributed by atoms with Gasteiger partial charge < -0.3 is 10.2 Å². The highest BCUT2D eigenvalue weighted by Crippen LogP contribution is 2.18. The van der Waals surface area contributed by atoms with Gasteiger partial charge in [0.2, 0.25) is 0 Å². The maximum Gasteiger partial charge on any atom is 0.0440 e. The van der Waals surface area contributed by atoms with Crippen LogP contribution in [0.15, 0.2) is 31.1 Å². The van der Waals surface area contributed by atoms with Gasteiger partial charge in [-0.3, -0.25) is 4.98 Å². The third-order valence-corrected chi connectivity index (χ3v) is 3.06. The van der Waals surface area contributed by atoms with Crippen molar-refractivity contribution in [3.63, 3.8) is 0 Å². The Morgan fingerprint density at radius 1 is 1.47 bits per heavy atom. The molecule has 0 radical (unpaired) electrons. The Morgan fingerprint density at radius 3 is 2.95 bits per heavy atom. The Morgan fingerprint density at radius 2 is 2.26 bits per heavy atom. The second kappa shape index (κ2) is 8.70. The zero-order valence-electron chi connectivity index (χ0n) is 12.5. The molecule has 0 amide bonds. The fraction of sp³-hybridized carbons (Fsp3) is 0.562. The van der Waals surface area contributed by atoms with Crippen LogP contribution in [0.2, 0.25) is 0 Å². The molecule has 3 nitrogen and oxygen atoms in total. The zero-order chi connectivity index (χ0) is 14.1. The van der Waals surface area contributed by atoms with Gasteiger partial charge in [0.1, 0.15) is 0 Å². The largest absolute Gasteiger partial charge is 0.374 e. The molecule has 0 aliphatic heterocycles. The maximum atomic E-state index is 4.24. The van der Waals surface area contributed by atoms with Crippen LogP contribution in [0, 0.1) is 5.92 Å². The van der Waals surface area contributed by atoms with E-state index in [0.29, 0.717) is 5.92 Å². The zero-order valence-corrected chi connectivity index (χ0v) is 12.5. The van der Waals surface area contributed by atoms with E-state index in [4.69, 9.17) is 0 Å². The third kappa shape index (κ3) is 5.88. The second-order valence-corrected chi connectivity index (χ2v) is 5.38. The molecule has 0 aliphatic rings. The summed E-state index contributed by atoms with van der Waals surface area (Å²) in [6, 6.07) is 2.10. The van der Waals surface area contributed by atoms with Gasteiger partial charge >= 0.3 is 0 Å². The average molecular weight is 261 g/mol. The number of pyridine rings is 1. The van der Waals surface area contributed by atoms with Gasteiger partial charge in [0.05, 0.1) is 0 Å². The van der Waals surface area contributed by atoms with E-state index in [1.54, 1.807) is 0 Å². The monoisotopic (exact) mass is 261 g/mol. The van der Waals surface area contributed by atoms with Gasteiger partial charge in [-0.1, -0.05) is 19.9 Å². The lowest BCUT2D eigenvalue weighted by Crippen LogP contribution is -2.23. The van der Waals surface area contributed by atoms with Crippen molar-refractivity contribution in [1.82, 2.24) is 10.3 Å². The number of allylic oxidation sites excluding steroid dienone is 1. The Labute approximate surface area is 117 Å². The summed E-state index contributed by atoms with van der Waals surface area (Å²) in [4.78, 5) is 6.54. The lowest BCUT2D eigenvalue weighted by atomic mass is 10.2. The first-order chi connectivity index (χ1) is 9.15. The van der Waals surface area contributed by atoms with Crippen LogP contribution in [0.25, 0.3) is 0 Å². The van der Waals surface area contributed by atoms with Crippen LogP contribution < -0.4 is 10.2 Å². The molecule has 19 heavy (non-hydrogen) atoms. The summed E-state index contributed by atoms with van der Waals surface area (Å²) in [5.41, 5.74) is 2.54. The van der Waals surface area contributed by atoms with Crippen molar-refractivity contribution in [2.45, 2.75) is 33.2 Å². The van der Waals surface area contributed by atoms with Crippen molar-refractivity contribution in [1.29, 1.82) is 0 Å². The van der Waals surface area contributed by atoms with Gasteiger partial charge in [-0.05, 0) is 31.4 Å². The van der Waals surface area contributed by atoms with E-state index >= 15 is 0 Å². The topological polar surface area (TPSA) is 28.2 Å². The summed E-state index contributed by atoms with van der Waals surface area (Å²) in [5.74, 6) is 0.672. The van der Waals surface area contributed by atoms with Crippen molar-refractivity contribution in [2.24, 2.45) is 5.92 Å². The Kier molecular flexibility index (Phi) is 7.19. The molecule has 0 aliphatic carbocycles. The number of hydrogen-bond donors (Lipinski definition) is 1. The molecule has 0 fully saturated rings. The minimum Gasteiger partial charge on any atom is -0.374 e. The van der Waals surface area contributed by atoms with Gasteiger partial charge in [-0.25, -0.2) is 0 Å². The Hall–Kier alpha value is -1.35. The molecular formula is C16H27N3. The SMILES string of the molecule is C=CCCCN(C)c1ccncc1CNCC(C)C. The van der Waals surface area contributed by atoms with E-state index in [1.807, 2.05) is 18.5 Å². The normalized spacial score (nSPS) is 10.7. The molecule has 1 aromatic heterocycles. The third-order valence-electron chi connectivity index (χ3n) is 3.06. The summed E-state index contributed by atoms with van der Waals surface area (Å²) >= 11 is 0. The van der Waals surface area contributed by atoms with Crippen molar-refractivity contribution >= 4 is 5.69 Å². The fourth-order valence-corrected chi connectivity index (χ4v) is 2.02. The number of unbranched alkanes of at least 4 members (excludes halogenated alkanes) is 1. The molecule has 3 heteroatoms. The Bertz CT molecular complexity index is 374. The molecule has 106 valence electrons. The summed E-state index contributed by atoms with van der Waals surface area (Å²) in [6.45, 7) is 11.2. The molecule has 1 N–H and O–H groups in total. The lowest BCUT2D eigenvalue weighted by Gasteiger charge is -2.22. The van der Waals surface area contributed by atoms with Crippen LogP contribution in [0.4, 0.5) is 5.69 Å². The number of anilines is 1. The highest BCUT2D eigenvalue weighted by atomic mass is 15.1. The summed E-state index contributed by atoms with van der Waals surface area (Å²) in [6.07, 6.45) is 8.01. The first-order valence-corrected chi connectivity index (χ1v) is 7.10. The van der Waals surface area contributed by atoms with Crippen LogP contribution >= 0.6 is 0 Å². The highest BCUT2D eigenvalue weighted by molar-refractivity contribution is 5.51. The number of aromatic nitrogens is 1. The van der Waals surface area contributed by atoms with Crippen LogP contribution in [-0.4, -0.2) is 25.1 Å². The molecule has 0 bridgehead atoms. The number of nitrogens with one attached hydrogen (secondary N) is 1. The summed E-state index contributed by atoms with van der Waals surface area (Å²) in [5, 5.41) is 3.48. The lowest BCUT2D eigenvalue weighted by molar-refractivity contribution is 0.551. The molecule has 0 saturated heterocycles. The number of rotatable bonds is 9. The molecule has 1 aromatic rings. The first kappa shape index (κ1) is 15.7. The van der Waals surface area contributed by atoms with Gasteiger partial charge in [-0.2, -0.15) is 0 Å². The van der Waals surface area contributed by atoms with Gasteiger partial charge in [0.15, 0.2) is 0 Å². The molecule has 0 unspecified atom stereocenters. The Balaban J connectivity index is 2.58. The summed E-state index contributed by atoms with van der Waals surface area (Å²) < 4.78 is 0. The first-order valence-electron chi connectivity index (χ1n) is 7.10. The number of hydrogen-bond acceptors (Lipinski definition) is 3. The maximum absolute atomic E-state index is 4.24. The van der Waals surface area contributed by atoms with Crippen LogP contribution in [0.1, 0.15) is 32.3 Å². The van der Waals surface area contributed by atoms with Crippen molar-refractivity contribution < 1.29 is 0 Å². The van der Waals surface area contributed by atoms with Crippen molar-refractivity contribution in [3.05, 3.63) is 36.7 Å². The minimum absolute atomic E-state index is 0.672. The van der Waals surface area contributed by atoms with Crippen LogP contribution in [0.3, 0.4) is 0 Å². The number of nitrogens with zero attached hydrogens (tertiary/aromatic N) is 2. The molecule has 1 rings (SSSR count). The van der Waals surface area contributed by atoms with E-state index in [0.717, 1.165) is 32.5 Å². The predicted octanol–water partition coefficient (Wildman–Crippen LogP) is 3.23. The van der Waals surface area contributed by atoms with Gasteiger partial charge in [-0.15, -0.1) is 6.58 Å². The van der Waals surface area contributed by atoms with Gasteiger partial charge in [0, 0.05) is 43.8 Å². The average Bonchev–Trinajstić information content (AvgIpc) is 2.39. The minimum atomic E-state index is 0.672. The quantitative estimate of drug-likeness (QED) is 0.546. The van der Waals surface area contributed by atoms with E-state index in [2.05, 4.69) is 48.7 Å². The van der Waals surface area contributed by atoms with Crippen molar-refractivity contribution in [3.8, 4) is 0 Å². The molecule has 0 atom stereocenters. The van der Waals surface area contributed by atoms with E-state index < -0.39 is 0 Å². The van der Waals surface area contributed by atoms with E-state index in [9.17, 15) is 0 Å². The van der Waals surface area contributed by atoms with E-state index in [1.165, 1.54) is 11.3 Å². The fourth-order valence-electron chi connectivity index (χ4n) is 2.02. The standard InChI is InChI=1S/C16H27N3/c1-5-6-7-10-19(4)16-8-9-17-12-15(16)13-18-11-14(2)3/h5,8-9,12,14,18H,1,6-7,10-11,13H2,2-4H3. The highest BCUT2D eigenvalue weighted by Gasteiger charge is 2.07.